The smallest absolute Gasteiger partial charge is 0.412 e. The summed E-state index contributed by atoms with van der Waals surface area (Å²) in [5.74, 6) is -0.167. The lowest BCUT2D eigenvalue weighted by Crippen LogP contribution is -2.19. The molecule has 2 N–H and O–H groups in total. The summed E-state index contributed by atoms with van der Waals surface area (Å²) in [6, 6.07) is 25.2. The zero-order chi connectivity index (χ0) is 25.3. The maximum atomic E-state index is 12.6. The first-order valence-electron chi connectivity index (χ1n) is 11.9. The molecule has 1 fully saturated rings. The van der Waals surface area contributed by atoms with E-state index in [1.54, 1.807) is 13.2 Å². The van der Waals surface area contributed by atoms with Gasteiger partial charge < -0.3 is 14.3 Å². The Hall–Kier alpha value is -4.32. The van der Waals surface area contributed by atoms with Crippen LogP contribution in [0.5, 0.6) is 0 Å². The number of amides is 1. The number of anilines is 1. The van der Waals surface area contributed by atoms with Crippen LogP contribution >= 0.6 is 0 Å². The minimum atomic E-state index is -0.752. The fourth-order valence-electron chi connectivity index (χ4n) is 4.48. The molecule has 0 bridgehead atoms. The molecule has 0 aliphatic heterocycles. The normalized spacial score (nSPS) is 14.6. The van der Waals surface area contributed by atoms with E-state index in [1.807, 2.05) is 85.8 Å². The van der Waals surface area contributed by atoms with Crippen molar-refractivity contribution in [2.75, 3.05) is 5.32 Å². The minimum absolute atomic E-state index is 0.391. The molecule has 1 aromatic heterocycles. The van der Waals surface area contributed by atoms with Crippen molar-refractivity contribution in [1.29, 1.82) is 0 Å². The Labute approximate surface area is 209 Å². The maximum Gasteiger partial charge on any atom is 0.412 e. The summed E-state index contributed by atoms with van der Waals surface area (Å²) in [6.45, 7) is 3.62. The molecule has 1 unspecified atom stereocenters. The molecule has 3 aromatic carbocycles. The molecule has 1 aliphatic carbocycles. The van der Waals surface area contributed by atoms with Crippen LogP contribution in [0.1, 0.15) is 42.8 Å². The highest BCUT2D eigenvalue weighted by Crippen LogP contribution is 2.48. The zero-order valence-electron chi connectivity index (χ0n) is 20.2. The van der Waals surface area contributed by atoms with Crippen molar-refractivity contribution in [2.24, 2.45) is 0 Å². The lowest BCUT2D eigenvalue weighted by molar-refractivity contribution is -0.140. The molecule has 182 valence electrons. The van der Waals surface area contributed by atoms with Crippen LogP contribution in [0.2, 0.25) is 0 Å². The van der Waals surface area contributed by atoms with Gasteiger partial charge in [0.1, 0.15) is 18.1 Å². The van der Waals surface area contributed by atoms with E-state index in [0.29, 0.717) is 24.3 Å². The van der Waals surface area contributed by atoms with E-state index in [-0.39, 0.29) is 0 Å². The quantitative estimate of drug-likeness (QED) is 0.288. The highest BCUT2D eigenvalue weighted by atomic mass is 16.6. The van der Waals surface area contributed by atoms with Crippen molar-refractivity contribution >= 4 is 17.7 Å². The molecular weight excluding hydrogens is 454 g/mol. The molecule has 0 radical (unpaired) electrons. The van der Waals surface area contributed by atoms with Crippen LogP contribution in [0, 0.1) is 6.92 Å². The van der Waals surface area contributed by atoms with Gasteiger partial charge in [0, 0.05) is 5.56 Å². The van der Waals surface area contributed by atoms with Gasteiger partial charge in [0.2, 0.25) is 0 Å². The fraction of sp³-hybridized carbons (Fsp3) is 0.200. The van der Waals surface area contributed by atoms with Crippen LogP contribution in [0.25, 0.3) is 22.3 Å². The van der Waals surface area contributed by atoms with E-state index in [0.717, 1.165) is 33.4 Å². The third-order valence-corrected chi connectivity index (χ3v) is 6.88. The number of carboxylic acids is 1. The number of benzene rings is 3. The first-order chi connectivity index (χ1) is 17.4. The summed E-state index contributed by atoms with van der Waals surface area (Å²) < 4.78 is 11.2. The molecule has 4 aromatic rings. The van der Waals surface area contributed by atoms with Gasteiger partial charge in [0.15, 0.2) is 0 Å². The van der Waals surface area contributed by atoms with Gasteiger partial charge in [-0.3, -0.25) is 10.1 Å². The van der Waals surface area contributed by atoms with Gasteiger partial charge in [-0.2, -0.15) is 0 Å². The number of ether oxygens (including phenoxy) is 1. The Balaban J connectivity index is 1.30. The molecular formula is C30H27NO5. The molecule has 1 atom stereocenters. The van der Waals surface area contributed by atoms with E-state index < -0.39 is 23.6 Å². The Kier molecular flexibility index (Phi) is 6.10. The summed E-state index contributed by atoms with van der Waals surface area (Å²) in [5.41, 5.74) is 5.30. The molecule has 0 spiro atoms. The number of hydrogen-bond acceptors (Lipinski definition) is 4. The van der Waals surface area contributed by atoms with E-state index >= 15 is 0 Å². The Morgan fingerprint density at radius 3 is 2.08 bits per heavy atom. The number of nitrogens with one attached hydrogen (secondary N) is 1. The summed E-state index contributed by atoms with van der Waals surface area (Å²) in [5, 5.41) is 12.4. The summed E-state index contributed by atoms with van der Waals surface area (Å²) in [4.78, 5) is 24.2. The highest BCUT2D eigenvalue weighted by Gasteiger charge is 2.51. The van der Waals surface area contributed by atoms with Crippen LogP contribution in [-0.2, 0) is 14.9 Å². The average Bonchev–Trinajstić information content (AvgIpc) is 3.64. The van der Waals surface area contributed by atoms with Crippen molar-refractivity contribution in [3.05, 3.63) is 102 Å². The third-order valence-electron chi connectivity index (χ3n) is 6.88. The molecule has 36 heavy (non-hydrogen) atoms. The van der Waals surface area contributed by atoms with Crippen molar-refractivity contribution in [3.63, 3.8) is 0 Å². The standard InChI is InChI=1S/C30H27NO5/c1-19(21-6-4-3-5-7-21)36-29(34)31-27-20(2)35-18-26(27)24-10-8-22(9-11-24)23-12-14-25(15-13-23)30(16-17-30)28(32)33/h3-15,18-19H,16-17H2,1-2H3,(H,31,34)(H,32,33). The molecule has 5 rings (SSSR count). The van der Waals surface area contributed by atoms with Gasteiger partial charge in [-0.05, 0) is 54.5 Å². The minimum Gasteiger partial charge on any atom is -0.481 e. The monoisotopic (exact) mass is 481 g/mol. The maximum absolute atomic E-state index is 12.6. The number of aryl methyl sites for hydroxylation is 1. The second-order valence-electron chi connectivity index (χ2n) is 9.21. The molecule has 1 amide bonds. The van der Waals surface area contributed by atoms with Gasteiger partial charge in [-0.1, -0.05) is 78.9 Å². The molecule has 1 saturated carbocycles. The van der Waals surface area contributed by atoms with E-state index in [2.05, 4.69) is 5.32 Å². The fourth-order valence-corrected chi connectivity index (χ4v) is 4.48. The lowest BCUT2D eigenvalue weighted by Gasteiger charge is -2.15. The van der Waals surface area contributed by atoms with Gasteiger partial charge in [-0.15, -0.1) is 0 Å². The van der Waals surface area contributed by atoms with Gasteiger partial charge in [-0.25, -0.2) is 4.79 Å². The van der Waals surface area contributed by atoms with E-state index in [9.17, 15) is 14.7 Å². The zero-order valence-corrected chi connectivity index (χ0v) is 20.2. The van der Waals surface area contributed by atoms with Crippen LogP contribution in [-0.4, -0.2) is 17.2 Å². The van der Waals surface area contributed by atoms with E-state index in [1.165, 1.54) is 0 Å². The Morgan fingerprint density at radius 1 is 0.917 bits per heavy atom. The Morgan fingerprint density at radius 2 is 1.50 bits per heavy atom. The van der Waals surface area contributed by atoms with Gasteiger partial charge in [0.25, 0.3) is 0 Å². The number of aliphatic carboxylic acids is 1. The van der Waals surface area contributed by atoms with Gasteiger partial charge in [0.05, 0.1) is 11.1 Å². The van der Waals surface area contributed by atoms with Crippen molar-refractivity contribution in [2.45, 2.75) is 38.2 Å². The first kappa shape index (κ1) is 23.4. The second kappa shape index (κ2) is 9.38. The van der Waals surface area contributed by atoms with Crippen LogP contribution in [0.15, 0.2) is 89.5 Å². The van der Waals surface area contributed by atoms with Crippen molar-refractivity contribution in [1.82, 2.24) is 0 Å². The molecule has 6 nitrogen and oxygen atoms in total. The summed E-state index contributed by atoms with van der Waals surface area (Å²) in [7, 11) is 0. The van der Waals surface area contributed by atoms with Crippen LogP contribution in [0.3, 0.4) is 0 Å². The molecule has 0 saturated heterocycles. The van der Waals surface area contributed by atoms with Crippen molar-refractivity contribution in [3.8, 4) is 22.3 Å². The molecule has 1 aliphatic rings. The average molecular weight is 482 g/mol. The van der Waals surface area contributed by atoms with Gasteiger partial charge >= 0.3 is 12.1 Å². The topological polar surface area (TPSA) is 88.8 Å². The third kappa shape index (κ3) is 4.50. The number of carboxylic acid groups (broad SMARTS) is 1. The molecule has 1 heterocycles. The number of hydrogen-bond donors (Lipinski definition) is 2. The number of rotatable bonds is 7. The molecule has 6 heteroatoms. The predicted octanol–water partition coefficient (Wildman–Crippen LogP) is 7.35. The Bertz CT molecular complexity index is 1380. The second-order valence-corrected chi connectivity index (χ2v) is 9.21. The first-order valence-corrected chi connectivity index (χ1v) is 11.9. The number of furan rings is 1. The summed E-state index contributed by atoms with van der Waals surface area (Å²) in [6.07, 6.45) is 2.06. The van der Waals surface area contributed by atoms with Crippen molar-refractivity contribution < 1.29 is 23.8 Å². The number of carbonyl (C=O) groups excluding carboxylic acids is 1. The predicted molar refractivity (Wildman–Crippen MR) is 138 cm³/mol. The number of carbonyl (C=O) groups is 2. The SMILES string of the molecule is Cc1occ(-c2ccc(-c3ccc(C4(C(=O)O)CC4)cc3)cc2)c1NC(=O)OC(C)c1ccccc1. The van der Waals surface area contributed by atoms with Crippen LogP contribution in [0.4, 0.5) is 10.5 Å². The largest absolute Gasteiger partial charge is 0.481 e. The van der Waals surface area contributed by atoms with E-state index in [4.69, 9.17) is 9.15 Å². The summed E-state index contributed by atoms with van der Waals surface area (Å²) >= 11 is 0. The lowest BCUT2D eigenvalue weighted by atomic mass is 9.93. The van der Waals surface area contributed by atoms with Crippen LogP contribution < -0.4 is 5.32 Å². The highest BCUT2D eigenvalue weighted by molar-refractivity contribution is 5.92.